The summed E-state index contributed by atoms with van der Waals surface area (Å²) < 4.78 is 37.4. The fourth-order valence-corrected chi connectivity index (χ4v) is 5.06. The Bertz CT molecular complexity index is 1420. The van der Waals surface area contributed by atoms with Crippen LogP contribution in [0.2, 0.25) is 0 Å². The summed E-state index contributed by atoms with van der Waals surface area (Å²) in [5, 5.41) is 19.8. The molecule has 0 unspecified atom stereocenters. The van der Waals surface area contributed by atoms with E-state index in [1.807, 2.05) is 11.1 Å². The smallest absolute Gasteiger partial charge is 0.223 e. The Kier molecular flexibility index (Phi) is 5.02. The number of halogens is 2. The number of hydrogen-bond acceptors (Lipinski definition) is 8. The number of alkyl halides is 1. The quantitative estimate of drug-likeness (QED) is 0.443. The molecule has 1 saturated heterocycles. The maximum atomic E-state index is 14.8. The number of fused-ring (bicyclic) bond motifs is 3. The highest BCUT2D eigenvalue weighted by Crippen LogP contribution is 2.35. The topological polar surface area (TPSA) is 120 Å². The monoisotopic (exact) mass is 484 g/mol. The standard InChI is InChI=1S/C23H26F2N8O2/c1-35-19-7-18-16(6-17(19)25)21-29-20(30-33(21)22(26)28-18)13-5-14(24)10-31(9-13)15-8-27-32(11-15)12-23(34)3-2-4-23/h6-8,11,13-14,34H,2-5,9-10,12H2,1H3,(H2,26,28)/t13-,14+/m1/s1. The minimum Gasteiger partial charge on any atom is -0.494 e. The maximum Gasteiger partial charge on any atom is 0.223 e. The third kappa shape index (κ3) is 3.81. The highest BCUT2D eigenvalue weighted by atomic mass is 19.1. The molecule has 0 amide bonds. The van der Waals surface area contributed by atoms with Crippen LogP contribution in [0, 0.1) is 5.82 Å². The average molecular weight is 485 g/mol. The highest BCUT2D eigenvalue weighted by Gasteiger charge is 2.36. The Labute approximate surface area is 199 Å². The lowest BCUT2D eigenvalue weighted by Crippen LogP contribution is -2.41. The molecule has 10 nitrogen and oxygen atoms in total. The van der Waals surface area contributed by atoms with Crippen LogP contribution in [0.3, 0.4) is 0 Å². The summed E-state index contributed by atoms with van der Waals surface area (Å²) in [5.41, 5.74) is 6.98. The number of benzene rings is 1. The van der Waals surface area contributed by atoms with E-state index in [9.17, 15) is 13.9 Å². The number of nitrogens with zero attached hydrogens (tertiary/aromatic N) is 7. The molecule has 0 radical (unpaired) electrons. The van der Waals surface area contributed by atoms with Crippen LogP contribution in [-0.4, -0.2) is 66.4 Å². The molecule has 4 heterocycles. The van der Waals surface area contributed by atoms with Crippen molar-refractivity contribution in [1.29, 1.82) is 0 Å². The summed E-state index contributed by atoms with van der Waals surface area (Å²) >= 11 is 0. The zero-order valence-corrected chi connectivity index (χ0v) is 19.2. The molecule has 4 aromatic rings. The zero-order chi connectivity index (χ0) is 24.3. The summed E-state index contributed by atoms with van der Waals surface area (Å²) in [4.78, 5) is 10.9. The molecule has 12 heteroatoms. The molecule has 1 aliphatic heterocycles. The Hall–Kier alpha value is -3.54. The number of nitrogen functional groups attached to an aromatic ring is 1. The van der Waals surface area contributed by atoms with Gasteiger partial charge >= 0.3 is 0 Å². The normalized spacial score (nSPS) is 22.0. The van der Waals surface area contributed by atoms with Gasteiger partial charge in [-0.2, -0.15) is 9.61 Å². The first-order valence-corrected chi connectivity index (χ1v) is 11.7. The number of methoxy groups -OCH3 is 1. The molecular formula is C23H26F2N8O2. The third-order valence-corrected chi connectivity index (χ3v) is 7.08. The van der Waals surface area contributed by atoms with Crippen LogP contribution in [0.4, 0.5) is 20.4 Å². The first-order valence-electron chi connectivity index (χ1n) is 11.7. The van der Waals surface area contributed by atoms with Gasteiger partial charge in [0.1, 0.15) is 6.17 Å². The summed E-state index contributed by atoms with van der Waals surface area (Å²) in [6.07, 6.45) is 5.26. The van der Waals surface area contributed by atoms with Crippen LogP contribution >= 0.6 is 0 Å². The van der Waals surface area contributed by atoms with E-state index in [2.05, 4.69) is 20.2 Å². The van der Waals surface area contributed by atoms with Crippen LogP contribution in [-0.2, 0) is 6.54 Å². The number of nitrogens with two attached hydrogens (primary N) is 1. The summed E-state index contributed by atoms with van der Waals surface area (Å²) in [7, 11) is 1.38. The second-order valence-electron chi connectivity index (χ2n) is 9.59. The molecule has 2 atom stereocenters. The molecule has 1 aliphatic carbocycles. The van der Waals surface area contributed by atoms with Crippen molar-refractivity contribution in [1.82, 2.24) is 29.4 Å². The second kappa shape index (κ2) is 8.01. The van der Waals surface area contributed by atoms with Gasteiger partial charge in [0, 0.05) is 36.7 Å². The number of rotatable bonds is 5. The average Bonchev–Trinajstić information content (AvgIpc) is 3.46. The SMILES string of the molecule is COc1cc2nc(N)n3nc([C@@H]4C[C@H](F)CN(c5cnn(CC6(O)CCC6)c5)C4)nc3c2cc1F. The van der Waals surface area contributed by atoms with Crippen molar-refractivity contribution < 1.29 is 18.6 Å². The summed E-state index contributed by atoms with van der Waals surface area (Å²) in [5.74, 6) is -0.281. The van der Waals surface area contributed by atoms with Gasteiger partial charge in [0.25, 0.3) is 0 Å². The number of anilines is 2. The van der Waals surface area contributed by atoms with E-state index in [1.54, 1.807) is 10.9 Å². The van der Waals surface area contributed by atoms with Gasteiger partial charge in [-0.15, -0.1) is 5.10 Å². The first kappa shape index (κ1) is 22.0. The van der Waals surface area contributed by atoms with E-state index in [-0.39, 0.29) is 30.6 Å². The summed E-state index contributed by atoms with van der Waals surface area (Å²) in [6, 6.07) is 2.76. The predicted octanol–water partition coefficient (Wildman–Crippen LogP) is 2.45. The lowest BCUT2D eigenvalue weighted by atomic mass is 9.80. The van der Waals surface area contributed by atoms with Crippen molar-refractivity contribution in [2.45, 2.75) is 49.9 Å². The lowest BCUT2D eigenvalue weighted by molar-refractivity contribution is -0.0498. The number of aromatic nitrogens is 6. The predicted molar refractivity (Wildman–Crippen MR) is 125 cm³/mol. The molecule has 1 aromatic carbocycles. The largest absolute Gasteiger partial charge is 0.494 e. The van der Waals surface area contributed by atoms with Gasteiger partial charge in [-0.05, 0) is 31.7 Å². The van der Waals surface area contributed by atoms with E-state index in [1.165, 1.54) is 23.8 Å². The molecule has 35 heavy (non-hydrogen) atoms. The Morgan fingerprint density at radius 3 is 2.83 bits per heavy atom. The molecule has 3 aromatic heterocycles. The van der Waals surface area contributed by atoms with Crippen molar-refractivity contribution in [3.63, 3.8) is 0 Å². The number of hydrogen-bond donors (Lipinski definition) is 2. The fourth-order valence-electron chi connectivity index (χ4n) is 5.06. The minimum atomic E-state index is -1.09. The van der Waals surface area contributed by atoms with Gasteiger partial charge in [0.2, 0.25) is 5.95 Å². The molecule has 184 valence electrons. The van der Waals surface area contributed by atoms with E-state index < -0.39 is 17.6 Å². The number of ether oxygens (including phenoxy) is 1. The van der Waals surface area contributed by atoms with E-state index >= 15 is 0 Å². The van der Waals surface area contributed by atoms with Gasteiger partial charge in [-0.25, -0.2) is 18.7 Å². The number of aliphatic hydroxyl groups is 1. The van der Waals surface area contributed by atoms with Gasteiger partial charge in [0.05, 0.1) is 36.7 Å². The van der Waals surface area contributed by atoms with Crippen molar-refractivity contribution in [3.8, 4) is 5.75 Å². The van der Waals surface area contributed by atoms with Gasteiger partial charge < -0.3 is 20.5 Å². The molecule has 0 spiro atoms. The summed E-state index contributed by atoms with van der Waals surface area (Å²) in [6.45, 7) is 1.15. The van der Waals surface area contributed by atoms with Crippen molar-refractivity contribution in [3.05, 3.63) is 36.2 Å². The Morgan fingerprint density at radius 1 is 1.26 bits per heavy atom. The van der Waals surface area contributed by atoms with E-state index in [4.69, 9.17) is 10.5 Å². The van der Waals surface area contributed by atoms with Gasteiger partial charge in [-0.3, -0.25) is 4.68 Å². The molecule has 2 aliphatic rings. The van der Waals surface area contributed by atoms with Crippen LogP contribution in [0.25, 0.3) is 16.6 Å². The van der Waals surface area contributed by atoms with Crippen LogP contribution in [0.1, 0.15) is 37.4 Å². The molecule has 1 saturated carbocycles. The maximum absolute atomic E-state index is 14.8. The van der Waals surface area contributed by atoms with Crippen molar-refractivity contribution in [2.75, 3.05) is 30.8 Å². The lowest BCUT2D eigenvalue weighted by Gasteiger charge is -2.36. The molecule has 6 rings (SSSR count). The van der Waals surface area contributed by atoms with Crippen LogP contribution in [0.15, 0.2) is 24.5 Å². The number of piperidine rings is 1. The van der Waals surface area contributed by atoms with Crippen LogP contribution < -0.4 is 15.4 Å². The van der Waals surface area contributed by atoms with Crippen LogP contribution in [0.5, 0.6) is 5.75 Å². The molecule has 3 N–H and O–H groups in total. The zero-order valence-electron chi connectivity index (χ0n) is 19.2. The van der Waals surface area contributed by atoms with Gasteiger partial charge in [-0.1, -0.05) is 0 Å². The fraction of sp³-hybridized carbons (Fsp3) is 0.478. The highest BCUT2D eigenvalue weighted by molar-refractivity contribution is 5.93. The molecule has 2 fully saturated rings. The van der Waals surface area contributed by atoms with Gasteiger partial charge in [0.15, 0.2) is 23.0 Å². The molecule has 0 bridgehead atoms. The molecular weight excluding hydrogens is 458 g/mol. The Balaban J connectivity index is 1.31. The first-order chi connectivity index (χ1) is 16.8. The van der Waals surface area contributed by atoms with Crippen molar-refractivity contribution in [2.24, 2.45) is 0 Å². The third-order valence-electron chi connectivity index (χ3n) is 7.08. The van der Waals surface area contributed by atoms with E-state index in [0.717, 1.165) is 24.9 Å². The Morgan fingerprint density at radius 2 is 2.09 bits per heavy atom. The van der Waals surface area contributed by atoms with E-state index in [0.29, 0.717) is 35.5 Å². The van der Waals surface area contributed by atoms with Crippen molar-refractivity contribution >= 4 is 28.2 Å². The second-order valence-corrected chi connectivity index (χ2v) is 9.59. The minimum absolute atomic E-state index is 0.0571.